The molecule has 7 heteroatoms. The molecule has 3 heterocycles. The first-order valence-corrected chi connectivity index (χ1v) is 6.99. The molecule has 2 aromatic heterocycles. The summed E-state index contributed by atoms with van der Waals surface area (Å²) in [7, 11) is 0. The van der Waals surface area contributed by atoms with Gasteiger partial charge in [0.05, 0.1) is 16.8 Å². The number of thiophene rings is 1. The smallest absolute Gasteiger partial charge is 0.317 e. The molecule has 1 aliphatic rings. The van der Waals surface area contributed by atoms with Crippen LogP contribution in [0.15, 0.2) is 17.8 Å². The fourth-order valence-corrected chi connectivity index (χ4v) is 3.17. The quantitative estimate of drug-likeness (QED) is 0.899. The Morgan fingerprint density at radius 2 is 2.11 bits per heavy atom. The molecule has 100 valence electrons. The Morgan fingerprint density at radius 3 is 2.84 bits per heavy atom. The molecule has 0 radical (unpaired) electrons. The number of rotatable bonds is 3. The minimum atomic E-state index is -0.767. The summed E-state index contributed by atoms with van der Waals surface area (Å²) in [4.78, 5) is 23.5. The molecule has 0 spiro atoms. The molecule has 1 fully saturated rings. The molecule has 0 aromatic carbocycles. The fourth-order valence-electron chi connectivity index (χ4n) is 2.31. The number of hydrogen-bond donors (Lipinski definition) is 1. The highest BCUT2D eigenvalue weighted by atomic mass is 32.1. The Morgan fingerprint density at radius 1 is 1.32 bits per heavy atom. The van der Waals surface area contributed by atoms with Crippen LogP contribution in [0.2, 0.25) is 0 Å². The summed E-state index contributed by atoms with van der Waals surface area (Å²) in [6, 6.07) is 1.99. The SMILES string of the molecule is O=C(O)CN1CCN(c2ncnc3ccsc23)CC1. The van der Waals surface area contributed by atoms with Crippen LogP contribution in [0.3, 0.4) is 0 Å². The molecule has 3 rings (SSSR count). The van der Waals surface area contributed by atoms with Crippen LogP contribution in [-0.2, 0) is 4.79 Å². The number of hydrogen-bond acceptors (Lipinski definition) is 6. The highest BCUT2D eigenvalue weighted by molar-refractivity contribution is 7.17. The normalized spacial score (nSPS) is 16.9. The first-order chi connectivity index (χ1) is 9.24. The van der Waals surface area contributed by atoms with Crippen molar-refractivity contribution >= 4 is 33.3 Å². The second-order valence-corrected chi connectivity index (χ2v) is 5.41. The summed E-state index contributed by atoms with van der Waals surface area (Å²) in [6.45, 7) is 3.23. The zero-order valence-corrected chi connectivity index (χ0v) is 11.1. The van der Waals surface area contributed by atoms with Crippen LogP contribution in [0.5, 0.6) is 0 Å². The van der Waals surface area contributed by atoms with Gasteiger partial charge in [-0.3, -0.25) is 9.69 Å². The molecule has 1 saturated heterocycles. The van der Waals surface area contributed by atoms with Crippen LogP contribution in [0.25, 0.3) is 10.2 Å². The van der Waals surface area contributed by atoms with Gasteiger partial charge in [-0.25, -0.2) is 9.97 Å². The number of aromatic nitrogens is 2. The Kier molecular flexibility index (Phi) is 3.31. The van der Waals surface area contributed by atoms with Gasteiger partial charge >= 0.3 is 5.97 Å². The summed E-state index contributed by atoms with van der Waals surface area (Å²) < 4.78 is 1.11. The van der Waals surface area contributed by atoms with Crippen LogP contribution >= 0.6 is 11.3 Å². The highest BCUT2D eigenvalue weighted by Crippen LogP contribution is 2.28. The molecule has 19 heavy (non-hydrogen) atoms. The van der Waals surface area contributed by atoms with Crippen molar-refractivity contribution < 1.29 is 9.90 Å². The standard InChI is InChI=1S/C12H14N4O2S/c17-10(18)7-15-2-4-16(5-3-15)12-11-9(1-6-19-11)13-8-14-12/h1,6,8H,2-5,7H2,(H,17,18). The summed E-state index contributed by atoms with van der Waals surface area (Å²) >= 11 is 1.64. The molecule has 2 aromatic rings. The summed E-state index contributed by atoms with van der Waals surface area (Å²) in [5.41, 5.74) is 0.975. The third-order valence-electron chi connectivity index (χ3n) is 3.26. The van der Waals surface area contributed by atoms with Crippen molar-refractivity contribution in [1.82, 2.24) is 14.9 Å². The maximum absolute atomic E-state index is 10.7. The summed E-state index contributed by atoms with van der Waals surface area (Å²) in [6.07, 6.45) is 1.59. The number of nitrogens with zero attached hydrogens (tertiary/aromatic N) is 4. The third-order valence-corrected chi connectivity index (χ3v) is 4.15. The third kappa shape index (κ3) is 2.52. The topological polar surface area (TPSA) is 69.6 Å². The van der Waals surface area contributed by atoms with E-state index in [0.717, 1.165) is 42.2 Å². The van der Waals surface area contributed by atoms with Crippen LogP contribution in [0, 0.1) is 0 Å². The molecule has 1 aliphatic heterocycles. The van der Waals surface area contributed by atoms with Gasteiger partial charge in [-0.1, -0.05) is 0 Å². The largest absolute Gasteiger partial charge is 0.480 e. The van der Waals surface area contributed by atoms with Crippen LogP contribution in [0.4, 0.5) is 5.82 Å². The molecule has 0 amide bonds. The lowest BCUT2D eigenvalue weighted by molar-refractivity contribution is -0.138. The number of fused-ring (bicyclic) bond motifs is 1. The first kappa shape index (κ1) is 12.3. The summed E-state index contributed by atoms with van der Waals surface area (Å²) in [5, 5.41) is 10.8. The molecule has 6 nitrogen and oxygen atoms in total. The Bertz CT molecular complexity index is 592. The van der Waals surface area contributed by atoms with E-state index in [9.17, 15) is 4.79 Å². The maximum atomic E-state index is 10.7. The van der Waals surface area contributed by atoms with Crippen molar-refractivity contribution in [2.75, 3.05) is 37.6 Å². The van der Waals surface area contributed by atoms with Gasteiger partial charge < -0.3 is 10.0 Å². The van der Waals surface area contributed by atoms with E-state index in [4.69, 9.17) is 5.11 Å². The fraction of sp³-hybridized carbons (Fsp3) is 0.417. The number of piperazine rings is 1. The molecule has 0 aliphatic carbocycles. The van der Waals surface area contributed by atoms with Crippen molar-refractivity contribution in [1.29, 1.82) is 0 Å². The van der Waals surface area contributed by atoms with Gasteiger partial charge in [-0.05, 0) is 11.4 Å². The summed E-state index contributed by atoms with van der Waals surface area (Å²) in [5.74, 6) is 0.200. The predicted octanol–water partition coefficient (Wildman–Crippen LogP) is 0.898. The molecule has 0 unspecified atom stereocenters. The molecule has 1 N–H and O–H groups in total. The van der Waals surface area contributed by atoms with Crippen molar-refractivity contribution in [3.8, 4) is 0 Å². The van der Waals surface area contributed by atoms with Crippen LogP contribution < -0.4 is 4.90 Å². The van der Waals surface area contributed by atoms with Gasteiger partial charge in [0.1, 0.15) is 12.1 Å². The zero-order valence-electron chi connectivity index (χ0n) is 10.3. The minimum absolute atomic E-state index is 0.117. The van der Waals surface area contributed by atoms with E-state index < -0.39 is 5.97 Å². The average molecular weight is 278 g/mol. The minimum Gasteiger partial charge on any atom is -0.480 e. The van der Waals surface area contributed by atoms with Gasteiger partial charge in [0, 0.05) is 26.2 Å². The Hall–Kier alpha value is -1.73. The van der Waals surface area contributed by atoms with Crippen molar-refractivity contribution in [3.63, 3.8) is 0 Å². The van der Waals surface area contributed by atoms with Gasteiger partial charge in [0.15, 0.2) is 0 Å². The van der Waals surface area contributed by atoms with E-state index in [1.54, 1.807) is 17.7 Å². The lowest BCUT2D eigenvalue weighted by Gasteiger charge is -2.34. The Labute approximate surface area is 114 Å². The molecular formula is C12H14N4O2S. The van der Waals surface area contributed by atoms with Crippen molar-refractivity contribution in [2.24, 2.45) is 0 Å². The highest BCUT2D eigenvalue weighted by Gasteiger charge is 2.21. The molecule has 0 atom stereocenters. The molecule has 0 saturated carbocycles. The zero-order chi connectivity index (χ0) is 13.2. The second kappa shape index (κ2) is 5.10. The van der Waals surface area contributed by atoms with Crippen molar-refractivity contribution in [3.05, 3.63) is 17.8 Å². The molecular weight excluding hydrogens is 264 g/mol. The van der Waals surface area contributed by atoms with Crippen LogP contribution in [0.1, 0.15) is 0 Å². The van der Waals surface area contributed by atoms with E-state index in [-0.39, 0.29) is 6.54 Å². The van der Waals surface area contributed by atoms with Gasteiger partial charge in [-0.15, -0.1) is 11.3 Å². The number of carboxylic acids is 1. The van der Waals surface area contributed by atoms with Gasteiger partial charge in [0.25, 0.3) is 0 Å². The van der Waals surface area contributed by atoms with E-state index >= 15 is 0 Å². The van der Waals surface area contributed by atoms with E-state index in [0.29, 0.717) is 0 Å². The van der Waals surface area contributed by atoms with E-state index in [1.165, 1.54) is 0 Å². The van der Waals surface area contributed by atoms with Crippen molar-refractivity contribution in [2.45, 2.75) is 0 Å². The first-order valence-electron chi connectivity index (χ1n) is 6.11. The lowest BCUT2D eigenvalue weighted by Crippen LogP contribution is -2.48. The van der Waals surface area contributed by atoms with Gasteiger partial charge in [-0.2, -0.15) is 0 Å². The van der Waals surface area contributed by atoms with Gasteiger partial charge in [0.2, 0.25) is 0 Å². The number of aliphatic carboxylic acids is 1. The lowest BCUT2D eigenvalue weighted by atomic mass is 10.3. The van der Waals surface area contributed by atoms with E-state index in [1.807, 2.05) is 16.3 Å². The molecule has 0 bridgehead atoms. The number of carbonyl (C=O) groups is 1. The van der Waals surface area contributed by atoms with E-state index in [2.05, 4.69) is 14.9 Å². The predicted molar refractivity (Wildman–Crippen MR) is 73.7 cm³/mol. The Balaban J connectivity index is 1.75. The number of carboxylic acid groups (broad SMARTS) is 1. The monoisotopic (exact) mass is 278 g/mol. The second-order valence-electron chi connectivity index (χ2n) is 4.49. The number of anilines is 1. The van der Waals surface area contributed by atoms with Crippen LogP contribution in [-0.4, -0.2) is 58.7 Å². The average Bonchev–Trinajstić information content (AvgIpc) is 2.87. The maximum Gasteiger partial charge on any atom is 0.317 e.